The minimum atomic E-state index is -0.371. The molecule has 0 spiro atoms. The van der Waals surface area contributed by atoms with Crippen LogP contribution in [0.1, 0.15) is 36.5 Å². The van der Waals surface area contributed by atoms with Crippen molar-refractivity contribution in [2.45, 2.75) is 26.2 Å². The molecule has 3 nitrogen and oxygen atoms in total. The first kappa shape index (κ1) is 20.5. The Morgan fingerprint density at radius 1 is 1.07 bits per heavy atom. The fourth-order valence-corrected chi connectivity index (χ4v) is 2.75. The molecule has 0 amide bonds. The summed E-state index contributed by atoms with van der Waals surface area (Å²) in [5.74, 6) is 5.29. The van der Waals surface area contributed by atoms with Gasteiger partial charge in [0.25, 0.3) is 0 Å². The molecule has 2 aromatic rings. The quantitative estimate of drug-likeness (QED) is 0.664. The van der Waals surface area contributed by atoms with Crippen molar-refractivity contribution in [2.24, 2.45) is 5.92 Å². The summed E-state index contributed by atoms with van der Waals surface area (Å²) in [6.45, 7) is 1.76. The Kier molecular flexibility index (Phi) is 7.91. The maximum atomic E-state index is 13.1. The lowest BCUT2D eigenvalue weighted by molar-refractivity contribution is -0.128. The van der Waals surface area contributed by atoms with Crippen LogP contribution in [0, 0.1) is 23.6 Å². The van der Waals surface area contributed by atoms with E-state index in [9.17, 15) is 14.0 Å². The molecule has 0 bridgehead atoms. The van der Waals surface area contributed by atoms with Crippen LogP contribution in [0.4, 0.5) is 4.39 Å². The number of aryl methyl sites for hydroxylation is 1. The number of carbonyl (C=O) groups excluding carboxylic acids is 2. The number of carbonyl (C=O) groups is 2. The molecule has 2 aromatic carbocycles. The average Bonchev–Trinajstić information content (AvgIpc) is 2.64. The number of rotatable bonds is 8. The van der Waals surface area contributed by atoms with Gasteiger partial charge in [-0.1, -0.05) is 30.0 Å². The fraction of sp³-hybridized carbons (Fsp3) is 0.304. The largest absolute Gasteiger partial charge is 0.384 e. The summed E-state index contributed by atoms with van der Waals surface area (Å²) in [7, 11) is 1.53. The van der Waals surface area contributed by atoms with Crippen LogP contribution in [0.5, 0.6) is 0 Å². The molecule has 1 atom stereocenters. The van der Waals surface area contributed by atoms with Crippen molar-refractivity contribution in [3.8, 4) is 11.8 Å². The maximum Gasteiger partial charge on any atom is 0.139 e. The minimum Gasteiger partial charge on any atom is -0.384 e. The van der Waals surface area contributed by atoms with Gasteiger partial charge in [0.2, 0.25) is 0 Å². The number of methoxy groups -OCH3 is 1. The molecule has 0 radical (unpaired) electrons. The molecule has 0 aliphatic rings. The first-order valence-electron chi connectivity index (χ1n) is 8.85. The Hall–Kier alpha value is -2.77. The van der Waals surface area contributed by atoms with E-state index in [4.69, 9.17) is 4.74 Å². The number of Topliss-reactive ketones (excluding diaryl/α,β-unsaturated/α-hetero) is 2. The molecule has 0 fully saturated rings. The Morgan fingerprint density at radius 2 is 1.78 bits per heavy atom. The van der Waals surface area contributed by atoms with Gasteiger partial charge in [-0.05, 0) is 49.2 Å². The lowest BCUT2D eigenvalue weighted by Gasteiger charge is -2.13. The molecule has 140 valence electrons. The number of ketones is 2. The van der Waals surface area contributed by atoms with E-state index in [0.29, 0.717) is 18.4 Å². The summed E-state index contributed by atoms with van der Waals surface area (Å²) in [5.41, 5.74) is 2.47. The molecule has 0 heterocycles. The van der Waals surface area contributed by atoms with Gasteiger partial charge in [0.1, 0.15) is 17.4 Å². The molecule has 0 saturated heterocycles. The van der Waals surface area contributed by atoms with Crippen LogP contribution >= 0.6 is 0 Å². The summed E-state index contributed by atoms with van der Waals surface area (Å²) in [6, 6.07) is 13.8. The number of halogens is 1. The van der Waals surface area contributed by atoms with Crippen molar-refractivity contribution in [3.05, 3.63) is 71.0 Å². The highest BCUT2D eigenvalue weighted by molar-refractivity contribution is 5.87. The van der Waals surface area contributed by atoms with Crippen molar-refractivity contribution < 1.29 is 18.7 Å². The maximum absolute atomic E-state index is 13.1. The summed E-state index contributed by atoms with van der Waals surface area (Å²) >= 11 is 0. The lowest BCUT2D eigenvalue weighted by Crippen LogP contribution is -2.22. The Morgan fingerprint density at radius 3 is 2.41 bits per heavy atom. The summed E-state index contributed by atoms with van der Waals surface area (Å²) < 4.78 is 18.2. The number of ether oxygens (including phenoxy) is 1. The third kappa shape index (κ3) is 7.16. The van der Waals surface area contributed by atoms with Crippen molar-refractivity contribution in [2.75, 3.05) is 13.7 Å². The summed E-state index contributed by atoms with van der Waals surface area (Å²) in [6.07, 6.45) is 1.20. The topological polar surface area (TPSA) is 43.4 Å². The zero-order chi connectivity index (χ0) is 19.6. The predicted octanol–water partition coefficient (Wildman–Crippen LogP) is 3.97. The number of hydrogen-bond donors (Lipinski definition) is 0. The first-order chi connectivity index (χ1) is 13.0. The van der Waals surface area contributed by atoms with Gasteiger partial charge < -0.3 is 9.53 Å². The SMILES string of the molecule is COC[C@@H](CC(C)=O)C(=O)CCc1ccc(C#Cc2cccc(F)c2)cc1. The van der Waals surface area contributed by atoms with E-state index in [1.807, 2.05) is 24.3 Å². The van der Waals surface area contributed by atoms with Gasteiger partial charge in [0.05, 0.1) is 6.61 Å². The standard InChI is InChI=1S/C23H23FO3/c1-17(25)14-21(16-27-2)23(26)13-12-19-8-6-18(7-9-19)10-11-20-4-3-5-22(24)15-20/h3-9,15,21H,12-14,16H2,1-2H3/t21-/m1/s1. The van der Waals surface area contributed by atoms with Crippen LogP contribution in [0.25, 0.3) is 0 Å². The van der Waals surface area contributed by atoms with E-state index >= 15 is 0 Å². The van der Waals surface area contributed by atoms with Crippen molar-refractivity contribution >= 4 is 11.6 Å². The molecule has 0 saturated carbocycles. The third-order valence-electron chi connectivity index (χ3n) is 4.15. The monoisotopic (exact) mass is 366 g/mol. The van der Waals surface area contributed by atoms with Gasteiger partial charge in [0, 0.05) is 37.0 Å². The third-order valence-corrected chi connectivity index (χ3v) is 4.15. The van der Waals surface area contributed by atoms with Gasteiger partial charge in [-0.2, -0.15) is 0 Å². The zero-order valence-corrected chi connectivity index (χ0v) is 15.6. The number of hydrogen-bond acceptors (Lipinski definition) is 3. The van der Waals surface area contributed by atoms with E-state index < -0.39 is 0 Å². The van der Waals surface area contributed by atoms with Gasteiger partial charge in [0.15, 0.2) is 0 Å². The Bertz CT molecular complexity index is 844. The molecule has 4 heteroatoms. The number of benzene rings is 2. The van der Waals surface area contributed by atoms with E-state index in [1.165, 1.54) is 26.2 Å². The Labute approximate surface area is 159 Å². The smallest absolute Gasteiger partial charge is 0.139 e. The Balaban J connectivity index is 1.93. The molecule has 0 aromatic heterocycles. The molecule has 2 rings (SSSR count). The molecular formula is C23H23FO3. The lowest BCUT2D eigenvalue weighted by atomic mass is 9.94. The molecule has 27 heavy (non-hydrogen) atoms. The van der Waals surface area contributed by atoms with Crippen LogP contribution < -0.4 is 0 Å². The van der Waals surface area contributed by atoms with Gasteiger partial charge in [-0.3, -0.25) is 4.79 Å². The van der Waals surface area contributed by atoms with Gasteiger partial charge >= 0.3 is 0 Å². The molecule has 0 N–H and O–H groups in total. The first-order valence-corrected chi connectivity index (χ1v) is 8.85. The zero-order valence-electron chi connectivity index (χ0n) is 15.6. The van der Waals surface area contributed by atoms with Crippen molar-refractivity contribution in [3.63, 3.8) is 0 Å². The van der Waals surface area contributed by atoms with Crippen molar-refractivity contribution in [1.82, 2.24) is 0 Å². The van der Waals surface area contributed by atoms with E-state index in [0.717, 1.165) is 11.1 Å². The van der Waals surface area contributed by atoms with Crippen LogP contribution in [0.3, 0.4) is 0 Å². The normalized spacial score (nSPS) is 11.4. The molecule has 0 aliphatic carbocycles. The summed E-state index contributed by atoms with van der Waals surface area (Å²) in [4.78, 5) is 23.6. The highest BCUT2D eigenvalue weighted by Crippen LogP contribution is 2.13. The summed E-state index contributed by atoms with van der Waals surface area (Å²) in [5, 5.41) is 0. The van der Waals surface area contributed by atoms with Crippen LogP contribution in [0.2, 0.25) is 0 Å². The second-order valence-corrected chi connectivity index (χ2v) is 6.48. The molecular weight excluding hydrogens is 343 g/mol. The van der Waals surface area contributed by atoms with E-state index in [2.05, 4.69) is 11.8 Å². The fourth-order valence-electron chi connectivity index (χ4n) is 2.75. The van der Waals surface area contributed by atoms with E-state index in [-0.39, 0.29) is 36.3 Å². The minimum absolute atomic E-state index is 0.00775. The van der Waals surface area contributed by atoms with Crippen LogP contribution in [0.15, 0.2) is 48.5 Å². The highest BCUT2D eigenvalue weighted by atomic mass is 19.1. The van der Waals surface area contributed by atoms with Crippen LogP contribution in [-0.2, 0) is 20.7 Å². The van der Waals surface area contributed by atoms with Crippen LogP contribution in [-0.4, -0.2) is 25.3 Å². The second-order valence-electron chi connectivity index (χ2n) is 6.48. The second kappa shape index (κ2) is 10.4. The van der Waals surface area contributed by atoms with Gasteiger partial charge in [-0.15, -0.1) is 0 Å². The van der Waals surface area contributed by atoms with Gasteiger partial charge in [-0.25, -0.2) is 4.39 Å². The molecule has 0 aliphatic heterocycles. The molecule has 0 unspecified atom stereocenters. The van der Waals surface area contributed by atoms with Crippen molar-refractivity contribution in [1.29, 1.82) is 0 Å². The highest BCUT2D eigenvalue weighted by Gasteiger charge is 2.19. The average molecular weight is 366 g/mol. The predicted molar refractivity (Wildman–Crippen MR) is 103 cm³/mol. The van der Waals surface area contributed by atoms with E-state index in [1.54, 1.807) is 12.1 Å².